The van der Waals surface area contributed by atoms with Crippen LogP contribution in [0.5, 0.6) is 0 Å². The molecule has 0 radical (unpaired) electrons. The van der Waals surface area contributed by atoms with Gasteiger partial charge in [0.1, 0.15) is 19.0 Å². The Bertz CT molecular complexity index is 387. The first-order chi connectivity index (χ1) is 7.65. The molecule has 0 unspecified atom stereocenters. The summed E-state index contributed by atoms with van der Waals surface area (Å²) in [6.07, 6.45) is 4.74. The van der Waals surface area contributed by atoms with Gasteiger partial charge in [-0.1, -0.05) is 5.16 Å². The van der Waals surface area contributed by atoms with E-state index in [9.17, 15) is 10.1 Å². The van der Waals surface area contributed by atoms with Gasteiger partial charge in [0.15, 0.2) is 12.9 Å². The molecule has 0 aliphatic heterocycles. The minimum absolute atomic E-state index is 0.0462. The number of oxime groups is 1. The fourth-order valence-electron chi connectivity index (χ4n) is 1.16. The molecule has 1 aromatic rings. The number of nitrogens with zero attached hydrogens (tertiary/aromatic N) is 4. The summed E-state index contributed by atoms with van der Waals surface area (Å²) in [5.41, 5.74) is 0. The van der Waals surface area contributed by atoms with Gasteiger partial charge in [0.2, 0.25) is 6.54 Å². The number of rotatable bonds is 6. The summed E-state index contributed by atoms with van der Waals surface area (Å²) in [4.78, 5) is 9.61. The molecule has 0 fully saturated rings. The summed E-state index contributed by atoms with van der Waals surface area (Å²) in [5, 5.41) is 21.4. The van der Waals surface area contributed by atoms with Crippen molar-refractivity contribution >= 4 is 6.21 Å². The Morgan fingerprint density at radius 1 is 1.81 bits per heavy atom. The third-order valence-electron chi connectivity index (χ3n) is 1.95. The van der Waals surface area contributed by atoms with Crippen LogP contribution in [0.25, 0.3) is 0 Å². The molecule has 16 heavy (non-hydrogen) atoms. The highest BCUT2D eigenvalue weighted by atomic mass is 16.6. The third-order valence-corrected chi connectivity index (χ3v) is 1.95. The SMILES string of the molecule is C[n+]1ccn(COCC[N+](=O)[O-])c1/C=N/O. The molecule has 8 nitrogen and oxygen atoms in total. The molecule has 0 saturated carbocycles. The third kappa shape index (κ3) is 3.31. The van der Waals surface area contributed by atoms with Gasteiger partial charge in [-0.3, -0.25) is 10.1 Å². The molecule has 1 rings (SSSR count). The first kappa shape index (κ1) is 12.1. The molecule has 0 amide bonds. The second kappa shape index (κ2) is 5.81. The van der Waals surface area contributed by atoms with Crippen LogP contribution in [0.1, 0.15) is 5.82 Å². The summed E-state index contributed by atoms with van der Waals surface area (Å²) in [6.45, 7) is -0.00253. The second-order valence-electron chi connectivity index (χ2n) is 3.08. The van der Waals surface area contributed by atoms with Crippen LogP contribution in [-0.4, -0.2) is 34.1 Å². The van der Waals surface area contributed by atoms with E-state index in [1.165, 1.54) is 6.21 Å². The highest BCUT2D eigenvalue weighted by Gasteiger charge is 2.12. The normalized spacial score (nSPS) is 11.1. The van der Waals surface area contributed by atoms with Crippen LogP contribution in [0.3, 0.4) is 0 Å². The minimum Gasteiger partial charge on any atom is -0.411 e. The van der Waals surface area contributed by atoms with Gasteiger partial charge in [0.25, 0.3) is 0 Å². The average Bonchev–Trinajstić information content (AvgIpc) is 2.56. The van der Waals surface area contributed by atoms with Crippen LogP contribution in [-0.2, 0) is 18.5 Å². The van der Waals surface area contributed by atoms with E-state index in [1.807, 2.05) is 0 Å². The Morgan fingerprint density at radius 3 is 3.19 bits per heavy atom. The molecule has 0 aliphatic carbocycles. The van der Waals surface area contributed by atoms with E-state index >= 15 is 0 Å². The lowest BCUT2D eigenvalue weighted by Crippen LogP contribution is -2.32. The first-order valence-corrected chi connectivity index (χ1v) is 4.57. The van der Waals surface area contributed by atoms with E-state index in [4.69, 9.17) is 9.94 Å². The van der Waals surface area contributed by atoms with Crippen molar-refractivity contribution in [2.75, 3.05) is 13.2 Å². The van der Waals surface area contributed by atoms with Crippen molar-refractivity contribution in [3.05, 3.63) is 28.3 Å². The van der Waals surface area contributed by atoms with E-state index < -0.39 is 4.92 Å². The maximum absolute atomic E-state index is 10.0. The molecule has 1 heterocycles. The maximum Gasteiger partial charge on any atom is 0.305 e. The zero-order valence-corrected chi connectivity index (χ0v) is 8.81. The predicted octanol–water partition coefficient (Wildman–Crippen LogP) is -0.628. The number of hydrogen-bond donors (Lipinski definition) is 1. The number of ether oxygens (including phenoxy) is 1. The monoisotopic (exact) mass is 229 g/mol. The summed E-state index contributed by atoms with van der Waals surface area (Å²) < 4.78 is 8.49. The first-order valence-electron chi connectivity index (χ1n) is 4.57. The molecule has 0 aromatic carbocycles. The smallest absolute Gasteiger partial charge is 0.305 e. The molecule has 0 atom stereocenters. The van der Waals surface area contributed by atoms with Crippen molar-refractivity contribution in [2.24, 2.45) is 12.2 Å². The lowest BCUT2D eigenvalue weighted by atomic mass is 10.6. The Labute approximate surface area is 91.5 Å². The fourth-order valence-corrected chi connectivity index (χ4v) is 1.16. The van der Waals surface area contributed by atoms with Gasteiger partial charge in [-0.25, -0.2) is 9.13 Å². The lowest BCUT2D eigenvalue weighted by Gasteiger charge is -1.99. The molecule has 0 spiro atoms. The van der Waals surface area contributed by atoms with Crippen LogP contribution < -0.4 is 4.57 Å². The van der Waals surface area contributed by atoms with Crippen molar-refractivity contribution in [3.63, 3.8) is 0 Å². The molecular weight excluding hydrogens is 216 g/mol. The fraction of sp³-hybridized carbons (Fsp3) is 0.500. The Hall–Kier alpha value is -1.96. The van der Waals surface area contributed by atoms with Gasteiger partial charge >= 0.3 is 5.82 Å². The minimum atomic E-state index is -0.439. The van der Waals surface area contributed by atoms with E-state index in [0.717, 1.165) is 0 Å². The zero-order valence-electron chi connectivity index (χ0n) is 8.81. The van der Waals surface area contributed by atoms with Gasteiger partial charge in [-0.15, -0.1) is 0 Å². The van der Waals surface area contributed by atoms with Gasteiger partial charge in [0.05, 0.1) is 7.05 Å². The quantitative estimate of drug-likeness (QED) is 0.175. The molecule has 88 valence electrons. The number of aryl methyl sites for hydroxylation is 1. The predicted molar refractivity (Wildman–Crippen MR) is 52.8 cm³/mol. The standard InChI is InChI=1S/C8H12N4O4/c1-10-2-3-11(8(10)6-9-13)7-16-5-4-12(14)15/h2-3,6H,4-5,7H2,1H3/p+1. The van der Waals surface area contributed by atoms with Gasteiger partial charge in [0, 0.05) is 4.92 Å². The van der Waals surface area contributed by atoms with Gasteiger partial charge in [-0.2, -0.15) is 0 Å². The van der Waals surface area contributed by atoms with E-state index in [1.54, 1.807) is 28.6 Å². The molecular formula is C8H13N4O4+. The molecule has 1 aromatic heterocycles. The highest BCUT2D eigenvalue weighted by molar-refractivity contribution is 5.72. The lowest BCUT2D eigenvalue weighted by molar-refractivity contribution is -0.672. The number of aromatic nitrogens is 2. The van der Waals surface area contributed by atoms with Crippen molar-refractivity contribution in [3.8, 4) is 0 Å². The second-order valence-corrected chi connectivity index (χ2v) is 3.08. The summed E-state index contributed by atoms with van der Waals surface area (Å²) in [6, 6.07) is 0. The molecule has 0 aliphatic rings. The van der Waals surface area contributed by atoms with Crippen molar-refractivity contribution in [2.45, 2.75) is 6.73 Å². The highest BCUT2D eigenvalue weighted by Crippen LogP contribution is 1.93. The van der Waals surface area contributed by atoms with Crippen molar-refractivity contribution < 1.29 is 19.4 Å². The Balaban J connectivity index is 2.50. The van der Waals surface area contributed by atoms with Crippen LogP contribution >= 0.6 is 0 Å². The Morgan fingerprint density at radius 2 is 2.56 bits per heavy atom. The average molecular weight is 229 g/mol. The van der Waals surface area contributed by atoms with Crippen molar-refractivity contribution in [1.82, 2.24) is 4.57 Å². The molecule has 8 heteroatoms. The van der Waals surface area contributed by atoms with Crippen molar-refractivity contribution in [1.29, 1.82) is 0 Å². The van der Waals surface area contributed by atoms with Crippen LogP contribution in [0, 0.1) is 10.1 Å². The number of hydrogen-bond acceptors (Lipinski definition) is 5. The van der Waals surface area contributed by atoms with Crippen LogP contribution in [0.15, 0.2) is 17.5 Å². The van der Waals surface area contributed by atoms with E-state index in [2.05, 4.69) is 5.16 Å². The summed E-state index contributed by atoms with van der Waals surface area (Å²) >= 11 is 0. The number of imidazole rings is 1. The maximum atomic E-state index is 10.0. The molecule has 1 N–H and O–H groups in total. The zero-order chi connectivity index (χ0) is 12.0. The van der Waals surface area contributed by atoms with Gasteiger partial charge in [-0.05, 0) is 0 Å². The van der Waals surface area contributed by atoms with Crippen LogP contribution in [0.4, 0.5) is 0 Å². The molecule has 0 bridgehead atoms. The number of nitro groups is 1. The topological polar surface area (TPSA) is 93.8 Å². The largest absolute Gasteiger partial charge is 0.411 e. The van der Waals surface area contributed by atoms with E-state index in [-0.39, 0.29) is 19.9 Å². The summed E-state index contributed by atoms with van der Waals surface area (Å²) in [7, 11) is 1.78. The Kier molecular flexibility index (Phi) is 4.40. The molecule has 0 saturated heterocycles. The van der Waals surface area contributed by atoms with Crippen LogP contribution in [0.2, 0.25) is 0 Å². The summed E-state index contributed by atoms with van der Waals surface area (Å²) in [5.74, 6) is 0.628. The van der Waals surface area contributed by atoms with Gasteiger partial charge < -0.3 is 9.94 Å². The van der Waals surface area contributed by atoms with E-state index in [0.29, 0.717) is 5.82 Å².